The van der Waals surface area contributed by atoms with E-state index in [1.54, 1.807) is 44.4 Å². The summed E-state index contributed by atoms with van der Waals surface area (Å²) in [5.74, 6) is 0. The molecule has 0 aliphatic heterocycles. The van der Waals surface area contributed by atoms with Gasteiger partial charge >= 0.3 is 256 Å². The monoisotopic (exact) mass is 820 g/mol. The Morgan fingerprint density at radius 2 is 0.649 bits per heavy atom. The van der Waals surface area contributed by atoms with Crippen LogP contribution in [0.1, 0.15) is 74.1 Å². The first-order valence-corrected chi connectivity index (χ1v) is 22.3. The van der Waals surface area contributed by atoms with E-state index in [-0.39, 0.29) is 0 Å². The fourth-order valence-corrected chi connectivity index (χ4v) is 17.6. The maximum absolute atomic E-state index is 2.45. The Kier molecular flexibility index (Phi) is 11.2. The molecule has 5 aromatic heterocycles. The van der Waals surface area contributed by atoms with Gasteiger partial charge in [0, 0.05) is 0 Å². The molecule has 0 atom stereocenters. The summed E-state index contributed by atoms with van der Waals surface area (Å²) >= 11 is 2.60. The Labute approximate surface area is 253 Å². The molecule has 0 aliphatic rings. The fraction of sp³-hybridized carbons (Fsp3) is 0.375. The topological polar surface area (TPSA) is 0 Å². The van der Waals surface area contributed by atoms with Crippen LogP contribution in [0, 0.1) is 0 Å². The van der Waals surface area contributed by atoms with Gasteiger partial charge in [0.25, 0.3) is 0 Å². The van der Waals surface area contributed by atoms with Crippen LogP contribution in [0.25, 0.3) is 35.5 Å². The average Bonchev–Trinajstić information content (AvgIpc) is 3.73. The fourth-order valence-electron chi connectivity index (χ4n) is 4.55. The molecule has 0 spiro atoms. The van der Waals surface area contributed by atoms with Crippen molar-refractivity contribution >= 4 is 72.5 Å². The van der Waals surface area contributed by atoms with Crippen LogP contribution in [0.5, 0.6) is 0 Å². The molecule has 5 aromatic rings. The number of rotatable bonds is 14. The summed E-state index contributed by atoms with van der Waals surface area (Å²) in [5.41, 5.74) is 0. The van der Waals surface area contributed by atoms with E-state index in [2.05, 4.69) is 74.5 Å². The van der Waals surface area contributed by atoms with Gasteiger partial charge in [-0.05, 0) is 0 Å². The Morgan fingerprint density at radius 3 is 0.973 bits per heavy atom. The normalized spacial score (nSPS) is 11.5. The van der Waals surface area contributed by atoms with Crippen LogP contribution < -0.4 is 0 Å². The zero-order valence-corrected chi connectivity index (χ0v) is 30.5. The van der Waals surface area contributed by atoms with Crippen LogP contribution >= 0.6 is 0 Å². The Bertz CT molecular complexity index is 1270. The predicted octanol–water partition coefficient (Wildman–Crippen LogP) is 7.89. The molecule has 0 aliphatic carbocycles. The van der Waals surface area contributed by atoms with Crippen LogP contribution in [-0.4, -0.2) is 72.5 Å². The molecule has 37 heavy (non-hydrogen) atoms. The van der Waals surface area contributed by atoms with Crippen molar-refractivity contribution in [3.05, 3.63) is 69.5 Å². The van der Waals surface area contributed by atoms with Gasteiger partial charge in [0.05, 0.1) is 0 Å². The van der Waals surface area contributed by atoms with Crippen LogP contribution in [0.4, 0.5) is 0 Å². The van der Waals surface area contributed by atoms with Crippen molar-refractivity contribution in [2.45, 2.75) is 78.1 Å². The van der Waals surface area contributed by atoms with E-state index in [4.69, 9.17) is 0 Å². The summed E-state index contributed by atoms with van der Waals surface area (Å²) < 4.78 is 16.6. The number of hydrogen-bond donors (Lipinski definition) is 0. The van der Waals surface area contributed by atoms with Crippen molar-refractivity contribution in [1.82, 2.24) is 0 Å². The van der Waals surface area contributed by atoms with Gasteiger partial charge in [-0.3, -0.25) is 0 Å². The van der Waals surface area contributed by atoms with E-state index in [1.165, 1.54) is 64.2 Å². The van der Waals surface area contributed by atoms with E-state index in [0.717, 1.165) is 0 Å². The van der Waals surface area contributed by atoms with Crippen LogP contribution in [0.15, 0.2) is 60.7 Å². The summed E-state index contributed by atoms with van der Waals surface area (Å²) in [6.07, 6.45) is 13.6. The van der Waals surface area contributed by atoms with Gasteiger partial charge in [0.15, 0.2) is 0 Å². The second kappa shape index (κ2) is 14.6. The molecular formula is C32H36Se5. The molecule has 0 bridgehead atoms. The van der Waals surface area contributed by atoms with Gasteiger partial charge in [0.2, 0.25) is 0 Å². The minimum absolute atomic E-state index is 0.476. The molecule has 0 saturated heterocycles. The Balaban J connectivity index is 1.22. The molecule has 0 unspecified atom stereocenters. The van der Waals surface area contributed by atoms with Gasteiger partial charge in [-0.1, -0.05) is 0 Å². The van der Waals surface area contributed by atoms with E-state index < -0.39 is 0 Å². The first kappa shape index (κ1) is 28.5. The molecule has 5 heteroatoms. The number of unbranched alkanes of at least 4 members (excludes halogenated alkanes) is 6. The SMILES string of the molecule is CCCCCCc1ccc(-c2ccc(-c3ccc(-c4ccc(-c5ccc(CCCCCC)[se]5)[se]4)[se]3)[se]2)[se]1. The summed E-state index contributed by atoms with van der Waals surface area (Å²) in [6.45, 7) is 4.60. The first-order chi connectivity index (χ1) is 18.2. The summed E-state index contributed by atoms with van der Waals surface area (Å²) in [5, 5.41) is 0. The van der Waals surface area contributed by atoms with Crippen molar-refractivity contribution in [2.24, 2.45) is 0 Å². The van der Waals surface area contributed by atoms with E-state index in [1.807, 2.05) is 0 Å². The molecule has 0 fully saturated rings. The molecule has 0 saturated carbocycles. The van der Waals surface area contributed by atoms with E-state index in [9.17, 15) is 0 Å². The van der Waals surface area contributed by atoms with Crippen LogP contribution in [0.3, 0.4) is 0 Å². The third kappa shape index (κ3) is 7.81. The summed E-state index contributed by atoms with van der Waals surface area (Å²) in [4.78, 5) is 0. The second-order valence-corrected chi connectivity index (χ2v) is 21.4. The van der Waals surface area contributed by atoms with E-state index >= 15 is 0 Å². The molecule has 194 valence electrons. The van der Waals surface area contributed by atoms with Gasteiger partial charge in [-0.15, -0.1) is 0 Å². The molecule has 0 nitrogen and oxygen atoms in total. The molecule has 5 rings (SSSR count). The molecular weight excluding hydrogens is 779 g/mol. The maximum atomic E-state index is 2.45. The van der Waals surface area contributed by atoms with Gasteiger partial charge in [-0.2, -0.15) is 0 Å². The number of hydrogen-bond acceptors (Lipinski definition) is 0. The molecule has 0 aromatic carbocycles. The molecule has 0 N–H and O–H groups in total. The van der Waals surface area contributed by atoms with Crippen molar-refractivity contribution in [3.63, 3.8) is 0 Å². The molecule has 5 heterocycles. The second-order valence-electron chi connectivity index (χ2n) is 9.64. The van der Waals surface area contributed by atoms with Crippen molar-refractivity contribution in [3.8, 4) is 35.5 Å². The van der Waals surface area contributed by atoms with Gasteiger partial charge in [-0.25, -0.2) is 0 Å². The third-order valence-electron chi connectivity index (χ3n) is 6.67. The zero-order chi connectivity index (χ0) is 25.5. The summed E-state index contributed by atoms with van der Waals surface area (Å²) in [7, 11) is 0. The van der Waals surface area contributed by atoms with Crippen LogP contribution in [0.2, 0.25) is 0 Å². The Morgan fingerprint density at radius 1 is 0.351 bits per heavy atom. The van der Waals surface area contributed by atoms with Crippen LogP contribution in [-0.2, 0) is 12.8 Å². The third-order valence-corrected chi connectivity index (χ3v) is 21.5. The van der Waals surface area contributed by atoms with E-state index in [0.29, 0.717) is 72.5 Å². The quantitative estimate of drug-likeness (QED) is 0.0792. The van der Waals surface area contributed by atoms with Crippen molar-refractivity contribution < 1.29 is 0 Å². The zero-order valence-electron chi connectivity index (χ0n) is 21.9. The summed E-state index contributed by atoms with van der Waals surface area (Å²) in [6, 6.07) is 24.5. The Hall–Kier alpha value is -0.00260. The average molecular weight is 815 g/mol. The number of aryl methyl sites for hydroxylation is 2. The van der Waals surface area contributed by atoms with Crippen molar-refractivity contribution in [2.75, 3.05) is 0 Å². The standard InChI is InChI=1S/C32H36Se5/c1-3-5-7-9-11-23-13-15-25(33-23)27-17-19-29(35-27)31-21-22-32(37-31)30-20-18-28(36-30)26-16-14-24(34-26)12-10-8-6-4-2/h13-22H,3-12H2,1-2H3. The van der Waals surface area contributed by atoms with Gasteiger partial charge in [0.1, 0.15) is 0 Å². The first-order valence-electron chi connectivity index (χ1n) is 13.7. The minimum atomic E-state index is 0.476. The molecule has 0 radical (unpaired) electrons. The molecule has 0 amide bonds. The van der Waals surface area contributed by atoms with Crippen molar-refractivity contribution in [1.29, 1.82) is 0 Å². The predicted molar refractivity (Wildman–Crippen MR) is 169 cm³/mol. The van der Waals surface area contributed by atoms with Gasteiger partial charge < -0.3 is 0 Å².